The Hall–Kier alpha value is -2.03. The van der Waals surface area contributed by atoms with E-state index in [0.717, 1.165) is 55.3 Å². The van der Waals surface area contributed by atoms with Gasteiger partial charge in [0.2, 0.25) is 5.91 Å². The van der Waals surface area contributed by atoms with Gasteiger partial charge in [0.1, 0.15) is 5.75 Å². The monoisotopic (exact) mass is 397 g/mol. The number of fused-ring (bicyclic) bond motifs is 1. The maximum atomic E-state index is 13.1. The molecular formula is C26H39NO2. The van der Waals surface area contributed by atoms with Gasteiger partial charge in [-0.1, -0.05) is 77.1 Å². The van der Waals surface area contributed by atoms with Gasteiger partial charge in [0.25, 0.3) is 0 Å². The molecule has 1 amide bonds. The fourth-order valence-corrected chi connectivity index (χ4v) is 3.92. The second-order valence-corrected chi connectivity index (χ2v) is 8.03. The lowest BCUT2D eigenvalue weighted by Gasteiger charge is -2.22. The van der Waals surface area contributed by atoms with Gasteiger partial charge in [-0.25, -0.2) is 0 Å². The lowest BCUT2D eigenvalue weighted by molar-refractivity contribution is -0.122. The van der Waals surface area contributed by atoms with Crippen molar-refractivity contribution in [2.75, 3.05) is 13.2 Å². The quantitative estimate of drug-likeness (QED) is 0.373. The minimum atomic E-state index is -0.114. The standard InChI is InChI=1S/C26H39NO2/c1-5-8-10-11-16-23(26(28)27-17-9-6-2)24-19-25(29-18-7-3)22-15-13-12-14-21(22)20(24)4/h12-15,19,23H,5-11,16-18H2,1-4H3,(H,27,28). The van der Waals surface area contributed by atoms with Crippen LogP contribution in [0.2, 0.25) is 0 Å². The lowest BCUT2D eigenvalue weighted by atomic mass is 9.86. The SMILES string of the molecule is CCCCCCC(C(=O)NCCCC)c1cc(OCCC)c2ccccc2c1C. The summed E-state index contributed by atoms with van der Waals surface area (Å²) in [5.74, 6) is 0.954. The Morgan fingerprint density at radius 3 is 2.38 bits per heavy atom. The van der Waals surface area contributed by atoms with Crippen LogP contribution in [0.3, 0.4) is 0 Å². The summed E-state index contributed by atoms with van der Waals surface area (Å²) >= 11 is 0. The molecule has 0 bridgehead atoms. The number of hydrogen-bond donors (Lipinski definition) is 1. The average molecular weight is 398 g/mol. The summed E-state index contributed by atoms with van der Waals surface area (Å²) in [5, 5.41) is 5.51. The van der Waals surface area contributed by atoms with E-state index in [9.17, 15) is 4.79 Å². The molecule has 0 fully saturated rings. The van der Waals surface area contributed by atoms with Crippen molar-refractivity contribution in [2.24, 2.45) is 0 Å². The fourth-order valence-electron chi connectivity index (χ4n) is 3.92. The number of ether oxygens (including phenoxy) is 1. The van der Waals surface area contributed by atoms with Crippen LogP contribution < -0.4 is 10.1 Å². The zero-order valence-electron chi connectivity index (χ0n) is 18.9. The van der Waals surface area contributed by atoms with E-state index in [4.69, 9.17) is 4.74 Å². The highest BCUT2D eigenvalue weighted by Crippen LogP contribution is 2.36. The molecule has 1 unspecified atom stereocenters. The van der Waals surface area contributed by atoms with Crippen molar-refractivity contribution in [2.45, 2.75) is 85.0 Å². The van der Waals surface area contributed by atoms with Gasteiger partial charge in [-0.2, -0.15) is 0 Å². The fraction of sp³-hybridized carbons (Fsp3) is 0.577. The molecular weight excluding hydrogens is 358 g/mol. The summed E-state index contributed by atoms with van der Waals surface area (Å²) in [5.41, 5.74) is 2.33. The van der Waals surface area contributed by atoms with Crippen molar-refractivity contribution in [3.8, 4) is 5.75 Å². The molecule has 0 saturated carbocycles. The van der Waals surface area contributed by atoms with Crippen molar-refractivity contribution in [1.82, 2.24) is 5.32 Å². The van der Waals surface area contributed by atoms with Crippen LogP contribution in [0.25, 0.3) is 10.8 Å². The molecule has 1 N–H and O–H groups in total. The van der Waals surface area contributed by atoms with Crippen LogP contribution in [-0.4, -0.2) is 19.1 Å². The van der Waals surface area contributed by atoms with E-state index in [1.807, 2.05) is 0 Å². The third-order valence-corrected chi connectivity index (χ3v) is 5.65. The minimum absolute atomic E-state index is 0.114. The van der Waals surface area contributed by atoms with Gasteiger partial charge in [0.05, 0.1) is 12.5 Å². The summed E-state index contributed by atoms with van der Waals surface area (Å²) in [4.78, 5) is 13.1. The van der Waals surface area contributed by atoms with E-state index in [1.54, 1.807) is 0 Å². The van der Waals surface area contributed by atoms with Gasteiger partial charge in [0, 0.05) is 11.9 Å². The third-order valence-electron chi connectivity index (χ3n) is 5.65. The van der Waals surface area contributed by atoms with Crippen molar-refractivity contribution >= 4 is 16.7 Å². The highest BCUT2D eigenvalue weighted by atomic mass is 16.5. The molecule has 2 aromatic carbocycles. The normalized spacial score (nSPS) is 12.1. The first kappa shape index (κ1) is 23.3. The Labute approximate surface area is 177 Å². The molecule has 0 aromatic heterocycles. The molecule has 0 spiro atoms. The number of benzene rings is 2. The molecule has 0 aliphatic rings. The average Bonchev–Trinajstić information content (AvgIpc) is 2.74. The summed E-state index contributed by atoms with van der Waals surface area (Å²) in [6.07, 6.45) is 8.67. The second-order valence-electron chi connectivity index (χ2n) is 8.03. The van der Waals surface area contributed by atoms with Crippen molar-refractivity contribution in [1.29, 1.82) is 0 Å². The number of carbonyl (C=O) groups is 1. The first-order valence-electron chi connectivity index (χ1n) is 11.6. The van der Waals surface area contributed by atoms with Crippen molar-refractivity contribution in [3.63, 3.8) is 0 Å². The van der Waals surface area contributed by atoms with Gasteiger partial charge >= 0.3 is 0 Å². The highest BCUT2D eigenvalue weighted by Gasteiger charge is 2.24. The van der Waals surface area contributed by atoms with Gasteiger partial charge in [-0.15, -0.1) is 0 Å². The maximum absolute atomic E-state index is 13.1. The van der Waals surface area contributed by atoms with E-state index in [1.165, 1.54) is 30.2 Å². The molecule has 2 rings (SSSR count). The number of amides is 1. The predicted octanol–water partition coefficient (Wildman–Crippen LogP) is 6.91. The first-order chi connectivity index (χ1) is 14.1. The molecule has 0 aliphatic heterocycles. The number of nitrogens with one attached hydrogen (secondary N) is 1. The van der Waals surface area contributed by atoms with Crippen LogP contribution >= 0.6 is 0 Å². The molecule has 2 aromatic rings. The Morgan fingerprint density at radius 2 is 1.69 bits per heavy atom. The Balaban J connectivity index is 2.40. The first-order valence-corrected chi connectivity index (χ1v) is 11.6. The van der Waals surface area contributed by atoms with E-state index in [0.29, 0.717) is 6.61 Å². The van der Waals surface area contributed by atoms with Gasteiger partial charge in [0.15, 0.2) is 0 Å². The van der Waals surface area contributed by atoms with Crippen LogP contribution in [0.1, 0.15) is 89.2 Å². The number of unbranched alkanes of at least 4 members (excludes halogenated alkanes) is 4. The van der Waals surface area contributed by atoms with Gasteiger partial charge < -0.3 is 10.1 Å². The number of aryl methyl sites for hydroxylation is 1. The number of rotatable bonds is 13. The maximum Gasteiger partial charge on any atom is 0.227 e. The molecule has 0 saturated heterocycles. The van der Waals surface area contributed by atoms with Gasteiger partial charge in [-0.3, -0.25) is 4.79 Å². The summed E-state index contributed by atoms with van der Waals surface area (Å²) in [6, 6.07) is 10.5. The predicted molar refractivity (Wildman–Crippen MR) is 124 cm³/mol. The molecule has 1 atom stereocenters. The Kier molecular flexibility index (Phi) is 10.0. The van der Waals surface area contributed by atoms with E-state index in [-0.39, 0.29) is 11.8 Å². The minimum Gasteiger partial charge on any atom is -0.493 e. The van der Waals surface area contributed by atoms with E-state index >= 15 is 0 Å². The van der Waals surface area contributed by atoms with Gasteiger partial charge in [-0.05, 0) is 48.8 Å². The smallest absolute Gasteiger partial charge is 0.227 e. The molecule has 3 heteroatoms. The zero-order chi connectivity index (χ0) is 21.1. The van der Waals surface area contributed by atoms with Crippen molar-refractivity contribution < 1.29 is 9.53 Å². The molecule has 29 heavy (non-hydrogen) atoms. The highest BCUT2D eigenvalue weighted by molar-refractivity contribution is 5.94. The number of hydrogen-bond acceptors (Lipinski definition) is 2. The second kappa shape index (κ2) is 12.5. The van der Waals surface area contributed by atoms with Crippen LogP contribution in [-0.2, 0) is 4.79 Å². The molecule has 0 aliphatic carbocycles. The number of carbonyl (C=O) groups excluding carboxylic acids is 1. The molecule has 0 radical (unpaired) electrons. The van der Waals surface area contributed by atoms with Crippen molar-refractivity contribution in [3.05, 3.63) is 41.5 Å². The summed E-state index contributed by atoms with van der Waals surface area (Å²) in [6.45, 7) is 10.1. The van der Waals surface area contributed by atoms with Crippen LogP contribution in [0.4, 0.5) is 0 Å². The molecule has 0 heterocycles. The van der Waals surface area contributed by atoms with Crippen LogP contribution in [0, 0.1) is 6.92 Å². The van der Waals surface area contributed by atoms with E-state index in [2.05, 4.69) is 63.3 Å². The van der Waals surface area contributed by atoms with E-state index < -0.39 is 0 Å². The topological polar surface area (TPSA) is 38.3 Å². The molecule has 3 nitrogen and oxygen atoms in total. The van der Waals surface area contributed by atoms with Crippen LogP contribution in [0.5, 0.6) is 5.75 Å². The Morgan fingerprint density at radius 1 is 0.966 bits per heavy atom. The zero-order valence-corrected chi connectivity index (χ0v) is 18.9. The molecule has 160 valence electrons. The summed E-state index contributed by atoms with van der Waals surface area (Å²) in [7, 11) is 0. The third kappa shape index (κ3) is 6.48. The van der Waals surface area contributed by atoms with Crippen LogP contribution in [0.15, 0.2) is 30.3 Å². The lowest BCUT2D eigenvalue weighted by Crippen LogP contribution is -2.30. The largest absolute Gasteiger partial charge is 0.493 e. The summed E-state index contributed by atoms with van der Waals surface area (Å²) < 4.78 is 6.10. The Bertz CT molecular complexity index is 769.